The van der Waals surface area contributed by atoms with Gasteiger partial charge in [-0.1, -0.05) is 12.1 Å². The molecule has 2 N–H and O–H groups in total. The lowest BCUT2D eigenvalue weighted by Gasteiger charge is -2.11. The molecule has 1 heterocycles. The molecule has 0 aliphatic heterocycles. The zero-order chi connectivity index (χ0) is 13.4. The van der Waals surface area contributed by atoms with E-state index in [0.29, 0.717) is 5.92 Å². The third-order valence-electron chi connectivity index (χ3n) is 3.24. The first-order valence-corrected chi connectivity index (χ1v) is 6.99. The topological polar surface area (TPSA) is 62.2 Å². The van der Waals surface area contributed by atoms with Crippen molar-refractivity contribution in [3.63, 3.8) is 0 Å². The number of aliphatic carboxylic acids is 1. The van der Waals surface area contributed by atoms with Crippen LogP contribution in [0.4, 0.5) is 5.69 Å². The average Bonchev–Trinajstić information content (AvgIpc) is 3.20. The number of fused-ring (bicyclic) bond motifs is 1. The quantitative estimate of drug-likeness (QED) is 0.906. The number of halogens is 1. The highest BCUT2D eigenvalue weighted by molar-refractivity contribution is 9.10. The molecular weight excluding hydrogens is 308 g/mol. The summed E-state index contributed by atoms with van der Waals surface area (Å²) in [5, 5.41) is 12.7. The van der Waals surface area contributed by atoms with Crippen molar-refractivity contribution in [1.29, 1.82) is 0 Å². The van der Waals surface area contributed by atoms with E-state index in [9.17, 15) is 4.79 Å². The molecule has 1 aliphatic carbocycles. The number of carboxylic acids is 1. The third kappa shape index (κ3) is 2.56. The second-order valence-corrected chi connectivity index (χ2v) is 5.61. The van der Waals surface area contributed by atoms with E-state index in [2.05, 4.69) is 21.2 Å². The fraction of sp³-hybridized carbons (Fsp3) is 0.286. The van der Waals surface area contributed by atoms with Crippen LogP contribution in [0.5, 0.6) is 0 Å². The highest BCUT2D eigenvalue weighted by Crippen LogP contribution is 2.41. The van der Waals surface area contributed by atoms with Gasteiger partial charge in [0.15, 0.2) is 0 Å². The van der Waals surface area contributed by atoms with E-state index in [0.717, 1.165) is 26.8 Å². The van der Waals surface area contributed by atoms with E-state index >= 15 is 0 Å². The summed E-state index contributed by atoms with van der Waals surface area (Å²) in [6.07, 6.45) is 2.34. The fourth-order valence-corrected chi connectivity index (χ4v) is 2.59. The van der Waals surface area contributed by atoms with Crippen LogP contribution in [0, 0.1) is 0 Å². The molecule has 19 heavy (non-hydrogen) atoms. The molecule has 0 radical (unpaired) electrons. The van der Waals surface area contributed by atoms with Crippen molar-refractivity contribution < 1.29 is 9.90 Å². The minimum Gasteiger partial charge on any atom is -0.480 e. The van der Waals surface area contributed by atoms with Gasteiger partial charge in [-0.15, -0.1) is 0 Å². The molecule has 2 aromatic rings. The molecule has 0 atom stereocenters. The Morgan fingerprint density at radius 2 is 2.26 bits per heavy atom. The summed E-state index contributed by atoms with van der Waals surface area (Å²) >= 11 is 3.51. The van der Waals surface area contributed by atoms with Crippen molar-refractivity contribution in [2.24, 2.45) is 0 Å². The summed E-state index contributed by atoms with van der Waals surface area (Å²) in [4.78, 5) is 15.4. The molecule has 1 fully saturated rings. The van der Waals surface area contributed by atoms with Gasteiger partial charge in [0, 0.05) is 27.2 Å². The monoisotopic (exact) mass is 320 g/mol. The predicted octanol–water partition coefficient (Wildman–Crippen LogP) is 3.37. The standard InChI is InChI=1S/C14H13BrN2O2/c15-10-3-1-2-9-12(16-7-13(18)19)6-11(8-4-5-8)17-14(9)10/h1-3,6,8H,4-5,7H2,(H,16,17)(H,18,19). The molecule has 5 heteroatoms. The SMILES string of the molecule is O=C(O)CNc1cc(C2CC2)nc2c(Br)cccc12. The number of nitrogens with one attached hydrogen (secondary N) is 1. The number of pyridine rings is 1. The van der Waals surface area contributed by atoms with Crippen LogP contribution >= 0.6 is 15.9 Å². The minimum absolute atomic E-state index is 0.0876. The molecule has 1 aliphatic rings. The van der Waals surface area contributed by atoms with Gasteiger partial charge >= 0.3 is 5.97 Å². The van der Waals surface area contributed by atoms with Crippen LogP contribution in [0.15, 0.2) is 28.7 Å². The summed E-state index contributed by atoms with van der Waals surface area (Å²) < 4.78 is 0.936. The van der Waals surface area contributed by atoms with Crippen LogP contribution in [-0.2, 0) is 4.79 Å². The van der Waals surface area contributed by atoms with Crippen LogP contribution < -0.4 is 5.32 Å². The number of aromatic nitrogens is 1. The van der Waals surface area contributed by atoms with Gasteiger partial charge in [0.25, 0.3) is 0 Å². The predicted molar refractivity (Wildman–Crippen MR) is 77.5 cm³/mol. The van der Waals surface area contributed by atoms with Gasteiger partial charge in [-0.2, -0.15) is 0 Å². The number of benzene rings is 1. The zero-order valence-electron chi connectivity index (χ0n) is 10.2. The Bertz CT molecular complexity index is 653. The smallest absolute Gasteiger partial charge is 0.322 e. The minimum atomic E-state index is -0.868. The summed E-state index contributed by atoms with van der Waals surface area (Å²) in [5.74, 6) is -0.338. The van der Waals surface area contributed by atoms with Crippen molar-refractivity contribution in [1.82, 2.24) is 4.98 Å². The zero-order valence-corrected chi connectivity index (χ0v) is 11.8. The van der Waals surface area contributed by atoms with Gasteiger partial charge < -0.3 is 10.4 Å². The van der Waals surface area contributed by atoms with Crippen LogP contribution in [-0.4, -0.2) is 22.6 Å². The first-order valence-electron chi connectivity index (χ1n) is 6.20. The van der Waals surface area contributed by atoms with Crippen molar-refractivity contribution in [2.45, 2.75) is 18.8 Å². The summed E-state index contributed by atoms with van der Waals surface area (Å²) in [7, 11) is 0. The Hall–Kier alpha value is -1.62. The van der Waals surface area contributed by atoms with E-state index in [-0.39, 0.29) is 6.54 Å². The first kappa shape index (κ1) is 12.4. The number of carbonyl (C=O) groups is 1. The number of hydrogen-bond donors (Lipinski definition) is 2. The van der Waals surface area contributed by atoms with Crippen molar-refractivity contribution >= 4 is 38.5 Å². The lowest BCUT2D eigenvalue weighted by atomic mass is 10.1. The molecule has 0 unspecified atom stereocenters. The Balaban J connectivity index is 2.11. The maximum Gasteiger partial charge on any atom is 0.322 e. The molecular formula is C14H13BrN2O2. The normalized spacial score (nSPS) is 14.6. The Kier molecular flexibility index (Phi) is 3.14. The maximum absolute atomic E-state index is 10.7. The van der Waals surface area contributed by atoms with Gasteiger partial charge in [0.05, 0.1) is 5.52 Å². The first-order chi connectivity index (χ1) is 9.15. The van der Waals surface area contributed by atoms with Crippen molar-refractivity contribution in [3.05, 3.63) is 34.4 Å². The molecule has 1 saturated carbocycles. The maximum atomic E-state index is 10.7. The molecule has 98 valence electrons. The van der Waals surface area contributed by atoms with Gasteiger partial charge in [0.2, 0.25) is 0 Å². The van der Waals surface area contributed by atoms with Crippen molar-refractivity contribution in [3.8, 4) is 0 Å². The fourth-order valence-electron chi connectivity index (χ4n) is 2.14. The molecule has 1 aromatic carbocycles. The molecule has 3 rings (SSSR count). The van der Waals surface area contributed by atoms with Crippen LogP contribution in [0.25, 0.3) is 10.9 Å². The Morgan fingerprint density at radius 1 is 1.47 bits per heavy atom. The number of rotatable bonds is 4. The van der Waals surface area contributed by atoms with Crippen LogP contribution in [0.2, 0.25) is 0 Å². The van der Waals surface area contributed by atoms with Gasteiger partial charge in [-0.25, -0.2) is 0 Å². The van der Waals surface area contributed by atoms with E-state index in [4.69, 9.17) is 10.1 Å². The average molecular weight is 321 g/mol. The van der Waals surface area contributed by atoms with E-state index < -0.39 is 5.97 Å². The molecule has 1 aromatic heterocycles. The van der Waals surface area contributed by atoms with Crippen LogP contribution in [0.3, 0.4) is 0 Å². The lowest BCUT2D eigenvalue weighted by molar-refractivity contribution is -0.134. The number of para-hydroxylation sites is 1. The molecule has 0 amide bonds. The molecule has 4 nitrogen and oxygen atoms in total. The number of anilines is 1. The highest BCUT2D eigenvalue weighted by atomic mass is 79.9. The van der Waals surface area contributed by atoms with E-state index in [1.54, 1.807) is 0 Å². The second-order valence-electron chi connectivity index (χ2n) is 4.75. The highest BCUT2D eigenvalue weighted by Gasteiger charge is 2.26. The van der Waals surface area contributed by atoms with Gasteiger partial charge in [-0.3, -0.25) is 9.78 Å². The summed E-state index contributed by atoms with van der Waals surface area (Å²) in [5.41, 5.74) is 2.78. The molecule has 0 bridgehead atoms. The van der Waals surface area contributed by atoms with Crippen LogP contribution in [0.1, 0.15) is 24.5 Å². The Morgan fingerprint density at radius 3 is 2.95 bits per heavy atom. The second kappa shape index (κ2) is 4.81. The number of carboxylic acid groups (broad SMARTS) is 1. The van der Waals surface area contributed by atoms with E-state index in [1.807, 2.05) is 24.3 Å². The molecule has 0 spiro atoms. The Labute approximate surface area is 119 Å². The third-order valence-corrected chi connectivity index (χ3v) is 3.88. The largest absolute Gasteiger partial charge is 0.480 e. The summed E-state index contributed by atoms with van der Waals surface area (Å²) in [6.45, 7) is -0.0876. The summed E-state index contributed by atoms with van der Waals surface area (Å²) in [6, 6.07) is 7.81. The lowest BCUT2D eigenvalue weighted by Crippen LogP contribution is -2.13. The number of hydrogen-bond acceptors (Lipinski definition) is 3. The number of nitrogens with zero attached hydrogens (tertiary/aromatic N) is 1. The van der Waals surface area contributed by atoms with Crippen molar-refractivity contribution in [2.75, 3.05) is 11.9 Å². The van der Waals surface area contributed by atoms with Gasteiger partial charge in [-0.05, 0) is 40.9 Å². The molecule has 0 saturated heterocycles. The van der Waals surface area contributed by atoms with Gasteiger partial charge in [0.1, 0.15) is 6.54 Å². The van der Waals surface area contributed by atoms with E-state index in [1.165, 1.54) is 12.8 Å².